The van der Waals surface area contributed by atoms with Crippen molar-refractivity contribution in [2.75, 3.05) is 6.61 Å². The molecular weight excluding hydrogens is 269 g/mol. The minimum atomic E-state index is 0.418. The normalized spacial score (nSPS) is 12.0. The van der Waals surface area contributed by atoms with Gasteiger partial charge in [-0.1, -0.05) is 37.0 Å². The molecule has 0 atom stereocenters. The zero-order valence-electron chi connectivity index (χ0n) is 11.0. The summed E-state index contributed by atoms with van der Waals surface area (Å²) in [5.41, 5.74) is 3.56. The summed E-state index contributed by atoms with van der Waals surface area (Å²) in [5, 5.41) is 4.07. The van der Waals surface area contributed by atoms with Gasteiger partial charge in [-0.3, -0.25) is 0 Å². The van der Waals surface area contributed by atoms with Crippen molar-refractivity contribution < 1.29 is 4.74 Å². The zero-order valence-corrected chi connectivity index (χ0v) is 12.5. The maximum atomic E-state index is 6.01. The van der Waals surface area contributed by atoms with Gasteiger partial charge in [-0.15, -0.1) is 0 Å². The molecule has 1 aromatic carbocycles. The standard InChI is InChI=1S/C14H19Cl2NO/c1-10(2)17-8-12-6-13(16)4-5-14(12)18-9-11(3)7-15/h4-7,10,17H,8-9H2,1-3H3/b11-7+. The number of ether oxygens (including phenoxy) is 1. The Kier molecular flexibility index (Phi) is 6.55. The monoisotopic (exact) mass is 287 g/mol. The van der Waals surface area contributed by atoms with Crippen molar-refractivity contribution in [1.82, 2.24) is 5.32 Å². The van der Waals surface area contributed by atoms with Crippen LogP contribution >= 0.6 is 23.2 Å². The van der Waals surface area contributed by atoms with E-state index in [9.17, 15) is 0 Å². The Morgan fingerprint density at radius 2 is 2.17 bits per heavy atom. The van der Waals surface area contributed by atoms with Crippen LogP contribution in [-0.4, -0.2) is 12.6 Å². The predicted octanol–water partition coefficient (Wildman–Crippen LogP) is 4.36. The van der Waals surface area contributed by atoms with Crippen molar-refractivity contribution in [3.8, 4) is 5.75 Å². The van der Waals surface area contributed by atoms with E-state index in [-0.39, 0.29) is 0 Å². The summed E-state index contributed by atoms with van der Waals surface area (Å²) in [5.74, 6) is 0.838. The first-order valence-electron chi connectivity index (χ1n) is 5.93. The van der Waals surface area contributed by atoms with Gasteiger partial charge in [0.1, 0.15) is 12.4 Å². The number of halogens is 2. The molecule has 0 radical (unpaired) electrons. The molecule has 1 aromatic rings. The number of nitrogens with one attached hydrogen (secondary N) is 1. The van der Waals surface area contributed by atoms with Crippen LogP contribution in [0.25, 0.3) is 0 Å². The highest BCUT2D eigenvalue weighted by molar-refractivity contribution is 6.30. The molecule has 0 bridgehead atoms. The summed E-state index contributed by atoms with van der Waals surface area (Å²) in [6.45, 7) is 7.35. The molecule has 0 fully saturated rings. The predicted molar refractivity (Wildman–Crippen MR) is 78.5 cm³/mol. The molecule has 0 heterocycles. The summed E-state index contributed by atoms with van der Waals surface area (Å²) >= 11 is 11.6. The van der Waals surface area contributed by atoms with Crippen LogP contribution in [0.2, 0.25) is 5.02 Å². The molecule has 0 aliphatic heterocycles. The first kappa shape index (κ1) is 15.4. The van der Waals surface area contributed by atoms with Crippen LogP contribution in [-0.2, 0) is 6.54 Å². The molecule has 0 aliphatic carbocycles. The molecule has 0 amide bonds. The zero-order chi connectivity index (χ0) is 13.5. The van der Waals surface area contributed by atoms with Crippen molar-refractivity contribution in [1.29, 1.82) is 0 Å². The maximum Gasteiger partial charge on any atom is 0.124 e. The quantitative estimate of drug-likeness (QED) is 0.839. The Balaban J connectivity index is 2.76. The molecule has 0 saturated carbocycles. The van der Waals surface area contributed by atoms with E-state index in [1.165, 1.54) is 5.54 Å². The molecule has 0 aromatic heterocycles. The molecule has 100 valence electrons. The largest absolute Gasteiger partial charge is 0.489 e. The molecule has 0 spiro atoms. The van der Waals surface area contributed by atoms with Crippen LogP contribution in [0.5, 0.6) is 5.75 Å². The third-order valence-corrected chi connectivity index (χ3v) is 2.97. The second-order valence-corrected chi connectivity index (χ2v) is 5.19. The van der Waals surface area contributed by atoms with E-state index in [0.29, 0.717) is 17.7 Å². The molecule has 2 nitrogen and oxygen atoms in total. The highest BCUT2D eigenvalue weighted by Crippen LogP contribution is 2.23. The van der Waals surface area contributed by atoms with Gasteiger partial charge in [-0.25, -0.2) is 0 Å². The Labute approximate surface area is 119 Å². The van der Waals surface area contributed by atoms with Crippen LogP contribution in [0, 0.1) is 0 Å². The first-order valence-corrected chi connectivity index (χ1v) is 6.75. The van der Waals surface area contributed by atoms with Crippen LogP contribution in [0.3, 0.4) is 0 Å². The Hall–Kier alpha value is -0.700. The van der Waals surface area contributed by atoms with Crippen molar-refractivity contribution in [2.45, 2.75) is 33.4 Å². The highest BCUT2D eigenvalue weighted by Gasteiger charge is 2.06. The van der Waals surface area contributed by atoms with Gasteiger partial charge >= 0.3 is 0 Å². The van der Waals surface area contributed by atoms with Crippen molar-refractivity contribution in [3.63, 3.8) is 0 Å². The third-order valence-electron chi connectivity index (χ3n) is 2.36. The maximum absolute atomic E-state index is 6.01. The molecule has 1 N–H and O–H groups in total. The summed E-state index contributed by atoms with van der Waals surface area (Å²) < 4.78 is 5.73. The lowest BCUT2D eigenvalue weighted by Gasteiger charge is -2.14. The molecule has 1 rings (SSSR count). The van der Waals surface area contributed by atoms with Gasteiger partial charge < -0.3 is 10.1 Å². The fraction of sp³-hybridized carbons (Fsp3) is 0.429. The second-order valence-electron chi connectivity index (χ2n) is 4.53. The van der Waals surface area contributed by atoms with E-state index >= 15 is 0 Å². The molecule has 18 heavy (non-hydrogen) atoms. The Bertz CT molecular complexity index is 416. The lowest BCUT2D eigenvalue weighted by molar-refractivity contribution is 0.347. The van der Waals surface area contributed by atoms with Gasteiger partial charge in [-0.2, -0.15) is 0 Å². The van der Waals surface area contributed by atoms with E-state index in [4.69, 9.17) is 27.9 Å². The van der Waals surface area contributed by atoms with Gasteiger partial charge in [0.05, 0.1) is 0 Å². The van der Waals surface area contributed by atoms with Gasteiger partial charge in [0.15, 0.2) is 0 Å². The van der Waals surface area contributed by atoms with Crippen LogP contribution < -0.4 is 10.1 Å². The number of benzene rings is 1. The topological polar surface area (TPSA) is 21.3 Å². The van der Waals surface area contributed by atoms with Crippen LogP contribution in [0.15, 0.2) is 29.3 Å². The molecule has 0 aliphatic rings. The lowest BCUT2D eigenvalue weighted by Crippen LogP contribution is -2.22. The van der Waals surface area contributed by atoms with Crippen molar-refractivity contribution in [3.05, 3.63) is 39.9 Å². The van der Waals surface area contributed by atoms with Crippen LogP contribution in [0.1, 0.15) is 26.3 Å². The van der Waals surface area contributed by atoms with Crippen molar-refractivity contribution in [2.24, 2.45) is 0 Å². The van der Waals surface area contributed by atoms with Gasteiger partial charge in [0, 0.05) is 28.7 Å². The fourth-order valence-electron chi connectivity index (χ4n) is 1.36. The molecule has 4 heteroatoms. The smallest absolute Gasteiger partial charge is 0.124 e. The third kappa shape index (κ3) is 5.30. The van der Waals surface area contributed by atoms with Crippen LogP contribution in [0.4, 0.5) is 0 Å². The summed E-state index contributed by atoms with van der Waals surface area (Å²) in [6, 6.07) is 6.06. The summed E-state index contributed by atoms with van der Waals surface area (Å²) in [4.78, 5) is 0. The highest BCUT2D eigenvalue weighted by atomic mass is 35.5. The van der Waals surface area contributed by atoms with E-state index in [2.05, 4.69) is 19.2 Å². The molecule has 0 saturated heterocycles. The average Bonchev–Trinajstić information content (AvgIpc) is 2.34. The van der Waals surface area contributed by atoms with Crippen molar-refractivity contribution >= 4 is 23.2 Å². The SMILES string of the molecule is C/C(=C\Cl)COc1ccc(Cl)cc1CNC(C)C. The average molecular weight is 288 g/mol. The van der Waals surface area contributed by atoms with E-state index in [1.807, 2.05) is 25.1 Å². The minimum absolute atomic E-state index is 0.418. The van der Waals surface area contributed by atoms with E-state index < -0.39 is 0 Å². The first-order chi connectivity index (χ1) is 8.52. The van der Waals surface area contributed by atoms with Gasteiger partial charge in [0.25, 0.3) is 0 Å². The molecular formula is C14H19Cl2NO. The summed E-state index contributed by atoms with van der Waals surface area (Å²) in [6.07, 6.45) is 0. The molecule has 0 unspecified atom stereocenters. The Morgan fingerprint density at radius 3 is 2.78 bits per heavy atom. The minimum Gasteiger partial charge on any atom is -0.489 e. The second kappa shape index (κ2) is 7.67. The summed E-state index contributed by atoms with van der Waals surface area (Å²) in [7, 11) is 0. The van der Waals surface area contributed by atoms with E-state index in [1.54, 1.807) is 0 Å². The number of rotatable bonds is 6. The van der Waals surface area contributed by atoms with Gasteiger partial charge in [0.2, 0.25) is 0 Å². The number of hydrogen-bond donors (Lipinski definition) is 1. The fourth-order valence-corrected chi connectivity index (χ4v) is 1.62. The van der Waals surface area contributed by atoms with Gasteiger partial charge in [-0.05, 0) is 30.7 Å². The number of hydrogen-bond acceptors (Lipinski definition) is 2. The lowest BCUT2D eigenvalue weighted by atomic mass is 10.2. The Morgan fingerprint density at radius 1 is 1.44 bits per heavy atom. The van der Waals surface area contributed by atoms with E-state index in [0.717, 1.165) is 23.4 Å².